The molecule has 0 aliphatic rings. The minimum absolute atomic E-state index is 0.300. The second kappa shape index (κ2) is 7.94. The zero-order valence-corrected chi connectivity index (χ0v) is 12.2. The molecule has 21 heavy (non-hydrogen) atoms. The molecule has 0 aromatic heterocycles. The Bertz CT molecular complexity index is 516. The minimum Gasteiger partial charge on any atom is -0.496 e. The van der Waals surface area contributed by atoms with Gasteiger partial charge in [-0.3, -0.25) is 4.79 Å². The number of nitrogens with one attached hydrogen (secondary N) is 1. The zero-order chi connectivity index (χ0) is 15.8. The van der Waals surface area contributed by atoms with Crippen molar-refractivity contribution >= 4 is 12.0 Å². The van der Waals surface area contributed by atoms with Crippen molar-refractivity contribution in [3.8, 4) is 5.75 Å². The van der Waals surface area contributed by atoms with Crippen LogP contribution < -0.4 is 10.1 Å². The average molecular weight is 292 g/mol. The summed E-state index contributed by atoms with van der Waals surface area (Å²) < 4.78 is 5.25. The first-order chi connectivity index (χ1) is 9.99. The van der Waals surface area contributed by atoms with Crippen molar-refractivity contribution < 1.29 is 19.4 Å². The average Bonchev–Trinajstić information content (AvgIpc) is 2.47. The highest BCUT2D eigenvalue weighted by Gasteiger charge is 2.19. The lowest BCUT2D eigenvalue weighted by molar-refractivity contribution is -0.138. The second-order valence-corrected chi connectivity index (χ2v) is 4.49. The van der Waals surface area contributed by atoms with Crippen LogP contribution in [0.3, 0.4) is 0 Å². The Labute approximate surface area is 124 Å². The van der Waals surface area contributed by atoms with E-state index in [0.717, 1.165) is 5.56 Å². The van der Waals surface area contributed by atoms with E-state index >= 15 is 0 Å². The summed E-state index contributed by atoms with van der Waals surface area (Å²) in [6, 6.07) is 5.93. The van der Waals surface area contributed by atoms with Gasteiger partial charge in [0.15, 0.2) is 0 Å². The number of aliphatic carboxylic acids is 1. The number of urea groups is 1. The molecule has 1 aromatic carbocycles. The molecule has 1 rings (SSSR count). The van der Waals surface area contributed by atoms with Crippen LogP contribution in [0.15, 0.2) is 36.9 Å². The number of hydrogen-bond donors (Lipinski definition) is 2. The lowest BCUT2D eigenvalue weighted by atomic mass is 10.2. The molecule has 0 heterocycles. The lowest BCUT2D eigenvalue weighted by Crippen LogP contribution is -2.46. The number of carbonyl (C=O) groups is 2. The molecular weight excluding hydrogens is 272 g/mol. The Morgan fingerprint density at radius 1 is 1.48 bits per heavy atom. The zero-order valence-electron chi connectivity index (χ0n) is 12.2. The van der Waals surface area contributed by atoms with Gasteiger partial charge in [0.1, 0.15) is 11.8 Å². The number of carboxylic acids is 1. The fraction of sp³-hybridized carbons (Fsp3) is 0.333. The SMILES string of the molecule is C=CCN(Cc1ccccc1OC)C(=O)NC(C)C(=O)O. The Balaban J connectivity index is 2.84. The predicted molar refractivity (Wildman–Crippen MR) is 79.2 cm³/mol. The van der Waals surface area contributed by atoms with Crippen LogP contribution in [0.1, 0.15) is 12.5 Å². The van der Waals surface area contributed by atoms with Gasteiger partial charge >= 0.3 is 12.0 Å². The predicted octanol–water partition coefficient (Wildman–Crippen LogP) is 1.87. The van der Waals surface area contributed by atoms with Gasteiger partial charge in [-0.05, 0) is 13.0 Å². The summed E-state index contributed by atoms with van der Waals surface area (Å²) in [5.74, 6) is -0.412. The van der Waals surface area contributed by atoms with Gasteiger partial charge in [0.05, 0.1) is 13.7 Å². The molecule has 0 bridgehead atoms. The number of carbonyl (C=O) groups excluding carboxylic acids is 1. The lowest BCUT2D eigenvalue weighted by Gasteiger charge is -2.23. The summed E-state index contributed by atoms with van der Waals surface area (Å²) >= 11 is 0. The summed E-state index contributed by atoms with van der Waals surface area (Å²) in [6.45, 7) is 5.63. The number of rotatable bonds is 7. The number of benzene rings is 1. The van der Waals surface area contributed by atoms with Crippen molar-refractivity contribution in [3.63, 3.8) is 0 Å². The largest absolute Gasteiger partial charge is 0.496 e. The molecular formula is C15H20N2O4. The molecule has 2 amide bonds. The molecule has 114 valence electrons. The number of para-hydroxylation sites is 1. The molecule has 2 N–H and O–H groups in total. The van der Waals surface area contributed by atoms with E-state index in [2.05, 4.69) is 11.9 Å². The van der Waals surface area contributed by atoms with Crippen LogP contribution in [0.5, 0.6) is 5.75 Å². The van der Waals surface area contributed by atoms with Crippen molar-refractivity contribution in [2.45, 2.75) is 19.5 Å². The van der Waals surface area contributed by atoms with E-state index in [1.165, 1.54) is 11.8 Å². The van der Waals surface area contributed by atoms with Crippen molar-refractivity contribution in [2.75, 3.05) is 13.7 Å². The van der Waals surface area contributed by atoms with Crippen molar-refractivity contribution in [2.24, 2.45) is 0 Å². The Hall–Kier alpha value is -2.50. The van der Waals surface area contributed by atoms with Crippen molar-refractivity contribution in [1.29, 1.82) is 0 Å². The molecule has 0 aliphatic heterocycles. The molecule has 0 radical (unpaired) electrons. The maximum Gasteiger partial charge on any atom is 0.325 e. The van der Waals surface area contributed by atoms with Gasteiger partial charge in [0, 0.05) is 12.1 Å². The molecule has 0 spiro atoms. The highest BCUT2D eigenvalue weighted by Crippen LogP contribution is 2.19. The number of carboxylic acid groups (broad SMARTS) is 1. The molecule has 0 saturated carbocycles. The monoisotopic (exact) mass is 292 g/mol. The summed E-state index contributed by atoms with van der Waals surface area (Å²) in [5, 5.41) is 11.3. The van der Waals surface area contributed by atoms with Crippen LogP contribution >= 0.6 is 0 Å². The molecule has 6 nitrogen and oxygen atoms in total. The molecule has 0 fully saturated rings. The van der Waals surface area contributed by atoms with Crippen LogP contribution in [-0.4, -0.2) is 41.7 Å². The normalized spacial score (nSPS) is 11.3. The standard InChI is InChI=1S/C15H20N2O4/c1-4-9-17(15(20)16-11(2)14(18)19)10-12-7-5-6-8-13(12)21-3/h4-8,11H,1,9-10H2,2-3H3,(H,16,20)(H,18,19). The number of methoxy groups -OCH3 is 1. The van der Waals surface area contributed by atoms with E-state index in [0.29, 0.717) is 18.8 Å². The van der Waals surface area contributed by atoms with Crippen molar-refractivity contribution in [3.05, 3.63) is 42.5 Å². The third-order valence-corrected chi connectivity index (χ3v) is 2.90. The summed E-state index contributed by atoms with van der Waals surface area (Å²) in [7, 11) is 1.56. The molecule has 1 atom stereocenters. The number of nitrogens with zero attached hydrogens (tertiary/aromatic N) is 1. The van der Waals surface area contributed by atoms with Crippen LogP contribution in [-0.2, 0) is 11.3 Å². The third kappa shape index (κ3) is 4.83. The first-order valence-corrected chi connectivity index (χ1v) is 6.50. The minimum atomic E-state index is -1.08. The number of ether oxygens (including phenoxy) is 1. The number of amides is 2. The molecule has 1 unspecified atom stereocenters. The highest BCUT2D eigenvalue weighted by molar-refractivity contribution is 5.82. The first kappa shape index (κ1) is 16.6. The summed E-state index contributed by atoms with van der Waals surface area (Å²) in [4.78, 5) is 24.4. The van der Waals surface area contributed by atoms with E-state index in [4.69, 9.17) is 9.84 Å². The van der Waals surface area contributed by atoms with Crippen LogP contribution in [0.25, 0.3) is 0 Å². The Morgan fingerprint density at radius 2 is 2.14 bits per heavy atom. The van der Waals surface area contributed by atoms with E-state index < -0.39 is 18.0 Å². The van der Waals surface area contributed by atoms with E-state index in [9.17, 15) is 9.59 Å². The topological polar surface area (TPSA) is 78.9 Å². The Morgan fingerprint density at radius 3 is 2.71 bits per heavy atom. The van der Waals surface area contributed by atoms with Crippen molar-refractivity contribution in [1.82, 2.24) is 10.2 Å². The maximum absolute atomic E-state index is 12.1. The van der Waals surface area contributed by atoms with Crippen LogP contribution in [0.2, 0.25) is 0 Å². The second-order valence-electron chi connectivity index (χ2n) is 4.49. The number of hydrogen-bond acceptors (Lipinski definition) is 3. The van der Waals surface area contributed by atoms with Crippen LogP contribution in [0, 0.1) is 0 Å². The van der Waals surface area contributed by atoms with Gasteiger partial charge in [0.25, 0.3) is 0 Å². The third-order valence-electron chi connectivity index (χ3n) is 2.90. The van der Waals surface area contributed by atoms with Crippen LogP contribution in [0.4, 0.5) is 4.79 Å². The molecule has 0 aliphatic carbocycles. The molecule has 1 aromatic rings. The first-order valence-electron chi connectivity index (χ1n) is 6.50. The summed E-state index contributed by atoms with van der Waals surface area (Å²) in [6.07, 6.45) is 1.58. The maximum atomic E-state index is 12.1. The fourth-order valence-corrected chi connectivity index (χ4v) is 1.75. The van der Waals surface area contributed by atoms with Gasteiger partial charge in [-0.1, -0.05) is 24.3 Å². The smallest absolute Gasteiger partial charge is 0.325 e. The highest BCUT2D eigenvalue weighted by atomic mass is 16.5. The molecule has 6 heteroatoms. The summed E-state index contributed by atoms with van der Waals surface area (Å²) in [5.41, 5.74) is 0.833. The quantitative estimate of drug-likeness (QED) is 0.752. The van der Waals surface area contributed by atoms with E-state index in [-0.39, 0.29) is 0 Å². The fourth-order valence-electron chi connectivity index (χ4n) is 1.75. The van der Waals surface area contributed by atoms with E-state index in [1.807, 2.05) is 18.2 Å². The van der Waals surface area contributed by atoms with Gasteiger partial charge in [-0.15, -0.1) is 6.58 Å². The van der Waals surface area contributed by atoms with Gasteiger partial charge in [0.2, 0.25) is 0 Å². The van der Waals surface area contributed by atoms with Gasteiger partial charge in [-0.2, -0.15) is 0 Å². The van der Waals surface area contributed by atoms with E-state index in [1.54, 1.807) is 19.3 Å². The van der Waals surface area contributed by atoms with Gasteiger partial charge < -0.3 is 20.1 Å². The molecule has 0 saturated heterocycles. The van der Waals surface area contributed by atoms with Gasteiger partial charge in [-0.25, -0.2) is 4.79 Å². The Kier molecular flexibility index (Phi) is 6.26.